The van der Waals surface area contributed by atoms with Gasteiger partial charge in [0.15, 0.2) is 0 Å². The largest absolute Gasteiger partial charge is 0.468 e. The van der Waals surface area contributed by atoms with Crippen LogP contribution in [0.25, 0.3) is 0 Å². The van der Waals surface area contributed by atoms with Crippen LogP contribution in [-0.2, 0) is 19.1 Å². The number of carbonyl (C=O) groups is 2. The van der Waals surface area contributed by atoms with Gasteiger partial charge in [-0.05, 0) is 0 Å². The fraction of sp³-hybridized carbons (Fsp3) is 0.714. The predicted molar refractivity (Wildman–Crippen MR) is 56.6 cm³/mol. The second-order valence-electron chi connectivity index (χ2n) is 2.22. The summed E-state index contributed by atoms with van der Waals surface area (Å²) in [5, 5.41) is 0. The summed E-state index contributed by atoms with van der Waals surface area (Å²) in [5.41, 5.74) is 5.41. The van der Waals surface area contributed by atoms with Crippen molar-refractivity contribution in [2.24, 2.45) is 5.73 Å². The Morgan fingerprint density at radius 2 is 1.93 bits per heavy atom. The molecule has 0 amide bonds. The van der Waals surface area contributed by atoms with Crippen LogP contribution in [0.1, 0.15) is 0 Å². The quantitative estimate of drug-likeness (QED) is 0.675. The molecule has 14 heavy (non-hydrogen) atoms. The van der Waals surface area contributed by atoms with Gasteiger partial charge in [0.2, 0.25) is 0 Å². The Kier molecular flexibility index (Phi) is 10.4. The van der Waals surface area contributed by atoms with Gasteiger partial charge in [-0.25, -0.2) is 0 Å². The summed E-state index contributed by atoms with van der Waals surface area (Å²) in [4.78, 5) is 21.4. The molecule has 0 rings (SSSR count). The van der Waals surface area contributed by atoms with Gasteiger partial charge in [-0.3, -0.25) is 9.59 Å². The molecule has 0 fully saturated rings. The molecule has 0 aromatic carbocycles. The van der Waals surface area contributed by atoms with E-state index in [1.807, 2.05) is 0 Å². The molecule has 0 heterocycles. The highest BCUT2D eigenvalue weighted by Gasteiger charge is 2.13. The van der Waals surface area contributed by atoms with Gasteiger partial charge in [-0.15, -0.1) is 24.2 Å². The molecule has 0 aliphatic rings. The highest BCUT2D eigenvalue weighted by atomic mass is 35.5. The number of methoxy groups -OCH3 is 2. The van der Waals surface area contributed by atoms with Crippen LogP contribution >= 0.6 is 24.2 Å². The third-order valence-electron chi connectivity index (χ3n) is 1.25. The van der Waals surface area contributed by atoms with Crippen LogP contribution in [0.15, 0.2) is 0 Å². The monoisotopic (exact) mass is 243 g/mol. The van der Waals surface area contributed by atoms with E-state index in [1.165, 1.54) is 26.0 Å². The van der Waals surface area contributed by atoms with E-state index in [0.717, 1.165) is 0 Å². The van der Waals surface area contributed by atoms with Gasteiger partial charge in [0.1, 0.15) is 6.04 Å². The summed E-state index contributed by atoms with van der Waals surface area (Å²) in [5.74, 6) is -0.261. The average molecular weight is 244 g/mol. The van der Waals surface area contributed by atoms with E-state index < -0.39 is 12.0 Å². The van der Waals surface area contributed by atoms with Crippen molar-refractivity contribution in [3.8, 4) is 0 Å². The zero-order valence-electron chi connectivity index (χ0n) is 8.02. The zero-order valence-corrected chi connectivity index (χ0v) is 9.65. The Morgan fingerprint density at radius 3 is 2.36 bits per heavy atom. The lowest BCUT2D eigenvalue weighted by molar-refractivity contribution is -0.141. The van der Waals surface area contributed by atoms with Gasteiger partial charge < -0.3 is 15.2 Å². The number of thioether (sulfide) groups is 1. The van der Waals surface area contributed by atoms with E-state index >= 15 is 0 Å². The van der Waals surface area contributed by atoms with Gasteiger partial charge in [0.25, 0.3) is 0 Å². The molecule has 7 heteroatoms. The third kappa shape index (κ3) is 6.99. The molecule has 0 radical (unpaired) electrons. The van der Waals surface area contributed by atoms with Gasteiger partial charge in [0, 0.05) is 5.75 Å². The van der Waals surface area contributed by atoms with Crippen molar-refractivity contribution in [1.29, 1.82) is 0 Å². The first-order valence-corrected chi connectivity index (χ1v) is 4.75. The van der Waals surface area contributed by atoms with Crippen LogP contribution in [0.3, 0.4) is 0 Å². The minimum atomic E-state index is -0.681. The Hall–Kier alpha value is -0.460. The van der Waals surface area contributed by atoms with Gasteiger partial charge in [-0.2, -0.15) is 0 Å². The fourth-order valence-electron chi connectivity index (χ4n) is 0.548. The maximum atomic E-state index is 10.8. The van der Waals surface area contributed by atoms with Crippen molar-refractivity contribution >= 4 is 36.1 Å². The number of carbonyl (C=O) groups excluding carboxylic acids is 2. The van der Waals surface area contributed by atoms with Crippen molar-refractivity contribution in [2.45, 2.75) is 6.04 Å². The lowest BCUT2D eigenvalue weighted by Gasteiger charge is -2.07. The molecule has 84 valence electrons. The van der Waals surface area contributed by atoms with Gasteiger partial charge >= 0.3 is 11.9 Å². The number of hydrogen-bond acceptors (Lipinski definition) is 6. The van der Waals surface area contributed by atoms with Crippen molar-refractivity contribution in [3.05, 3.63) is 0 Å². The van der Waals surface area contributed by atoms with Crippen LogP contribution in [0.5, 0.6) is 0 Å². The van der Waals surface area contributed by atoms with E-state index in [1.54, 1.807) is 0 Å². The summed E-state index contributed by atoms with van der Waals surface area (Å²) in [6.45, 7) is 0. The van der Waals surface area contributed by atoms with Crippen LogP contribution in [0, 0.1) is 0 Å². The predicted octanol–water partition coefficient (Wildman–Crippen LogP) is -0.185. The Labute approximate surface area is 93.1 Å². The molecule has 0 spiro atoms. The van der Waals surface area contributed by atoms with Gasteiger partial charge in [0.05, 0.1) is 20.0 Å². The second kappa shape index (κ2) is 9.11. The minimum Gasteiger partial charge on any atom is -0.468 e. The van der Waals surface area contributed by atoms with Crippen LogP contribution in [0.4, 0.5) is 0 Å². The molecule has 5 nitrogen and oxygen atoms in total. The first-order valence-electron chi connectivity index (χ1n) is 3.59. The number of esters is 2. The maximum absolute atomic E-state index is 10.8. The van der Waals surface area contributed by atoms with E-state index in [0.29, 0.717) is 5.75 Å². The molecule has 0 saturated heterocycles. The smallest absolute Gasteiger partial charge is 0.323 e. The summed E-state index contributed by atoms with van der Waals surface area (Å²) in [7, 11) is 2.58. The average Bonchev–Trinajstić information content (AvgIpc) is 2.15. The molecule has 0 aromatic heterocycles. The molecule has 2 N–H and O–H groups in total. The van der Waals surface area contributed by atoms with Crippen molar-refractivity contribution in [3.63, 3.8) is 0 Å². The number of rotatable bonds is 5. The Morgan fingerprint density at radius 1 is 1.36 bits per heavy atom. The van der Waals surface area contributed by atoms with Crippen molar-refractivity contribution in [2.75, 3.05) is 25.7 Å². The standard InChI is InChI=1S/C7H13NO4S.ClH/c1-11-6(9)4-13-3-5(8)7(10)12-2;/h5H,3-4,8H2,1-2H3;1H/t5-;/m0./s1. The minimum absolute atomic E-state index is 0. The number of ether oxygens (including phenoxy) is 2. The number of hydrogen-bond donors (Lipinski definition) is 1. The van der Waals surface area contributed by atoms with E-state index in [-0.39, 0.29) is 24.1 Å². The lowest BCUT2D eigenvalue weighted by atomic mass is 10.4. The van der Waals surface area contributed by atoms with E-state index in [4.69, 9.17) is 5.73 Å². The SMILES string of the molecule is COC(=O)CSC[C@H](N)C(=O)OC.Cl. The normalized spacial score (nSPS) is 11.1. The van der Waals surface area contributed by atoms with Crippen molar-refractivity contribution in [1.82, 2.24) is 0 Å². The maximum Gasteiger partial charge on any atom is 0.323 e. The lowest BCUT2D eigenvalue weighted by Crippen LogP contribution is -2.34. The Bertz CT molecular complexity index is 191. The number of halogens is 1. The summed E-state index contributed by atoms with van der Waals surface area (Å²) in [6, 6.07) is -0.681. The highest BCUT2D eigenvalue weighted by Crippen LogP contribution is 2.02. The molecule has 0 saturated carbocycles. The molecular formula is C7H14ClNO4S. The van der Waals surface area contributed by atoms with E-state index in [2.05, 4.69) is 9.47 Å². The summed E-state index contributed by atoms with van der Waals surface area (Å²) < 4.78 is 8.80. The summed E-state index contributed by atoms with van der Waals surface area (Å²) in [6.07, 6.45) is 0. The van der Waals surface area contributed by atoms with Crippen molar-refractivity contribution < 1.29 is 19.1 Å². The fourth-order valence-corrected chi connectivity index (χ4v) is 1.34. The molecule has 1 atom stereocenters. The molecule has 0 aliphatic heterocycles. The second-order valence-corrected chi connectivity index (χ2v) is 3.25. The topological polar surface area (TPSA) is 78.6 Å². The number of nitrogens with two attached hydrogens (primary N) is 1. The third-order valence-corrected chi connectivity index (χ3v) is 2.28. The summed E-state index contributed by atoms with van der Waals surface area (Å²) >= 11 is 1.24. The van der Waals surface area contributed by atoms with Crippen LogP contribution in [-0.4, -0.2) is 43.7 Å². The molecular weight excluding hydrogens is 230 g/mol. The molecule has 0 bridgehead atoms. The van der Waals surface area contributed by atoms with E-state index in [9.17, 15) is 9.59 Å². The van der Waals surface area contributed by atoms with Crippen LogP contribution < -0.4 is 5.73 Å². The molecule has 0 aliphatic carbocycles. The zero-order chi connectivity index (χ0) is 10.3. The first kappa shape index (κ1) is 16.0. The van der Waals surface area contributed by atoms with Crippen LogP contribution in [0.2, 0.25) is 0 Å². The Balaban J connectivity index is 0. The highest BCUT2D eigenvalue weighted by molar-refractivity contribution is 8.00. The van der Waals surface area contributed by atoms with Gasteiger partial charge in [-0.1, -0.05) is 0 Å². The molecule has 0 aromatic rings. The molecule has 0 unspecified atom stereocenters. The first-order chi connectivity index (χ1) is 6.11.